The minimum atomic E-state index is -1.49. The second kappa shape index (κ2) is 98.5. The minimum Gasteiger partial charge on any atom is -0.693 e. The number of carboxylic acid groups (broad SMARTS) is 2. The average Bonchev–Trinajstić information content (AvgIpc) is 1.23. The number of aromatic hydroxyl groups is 1. The number of nitrogens with two attached hydrogens (primary N) is 9. The number of phenolic OH excluding ortho intramolecular Hbond substituents is 1. The van der Waals surface area contributed by atoms with E-state index in [4.69, 9.17) is 125 Å². The van der Waals surface area contributed by atoms with E-state index in [2.05, 4.69) is 128 Å². The Morgan fingerprint density at radius 1 is 0.374 bits per heavy atom. The third-order valence-corrected chi connectivity index (χ3v) is 26.6. The normalized spacial score (nSPS) is 16.3. The number of hydrogen-bond acceptors (Lipinski definition) is 17. The van der Waals surface area contributed by atoms with E-state index >= 15 is 0 Å². The van der Waals surface area contributed by atoms with Crippen LogP contribution in [-0.2, 0) is 119 Å². The number of benzene rings is 3. The van der Waals surface area contributed by atoms with Crippen LogP contribution in [-0.4, -0.2) is 131 Å². The predicted octanol–water partition coefficient (Wildman–Crippen LogP) is 31.6. The molecule has 1 saturated heterocycles. The Morgan fingerprint density at radius 3 is 0.884 bits per heavy atom. The van der Waals surface area contributed by atoms with Crippen molar-refractivity contribution in [3.63, 3.8) is 0 Å². The number of halogens is 8. The van der Waals surface area contributed by atoms with Gasteiger partial charge < -0.3 is 141 Å². The summed E-state index contributed by atoms with van der Waals surface area (Å²) in [5.41, 5.74) is 17.6. The van der Waals surface area contributed by atoms with Crippen LogP contribution in [0.4, 0.5) is 0 Å². The summed E-state index contributed by atoms with van der Waals surface area (Å²) in [6.45, 7) is 53.3. The molecule has 44 heteroatoms. The van der Waals surface area contributed by atoms with Gasteiger partial charge in [0.05, 0.1) is 38.8 Å². The Labute approximate surface area is 951 Å². The summed E-state index contributed by atoms with van der Waals surface area (Å²) in [6.07, 6.45) is 38.3. The van der Waals surface area contributed by atoms with Crippen molar-refractivity contribution >= 4 is 111 Å². The van der Waals surface area contributed by atoms with Gasteiger partial charge in [0.2, 0.25) is 12.2 Å². The number of rotatable bonds is 48. The number of carboxylic acids is 2. The molecular weight excluding hydrogens is 2790 g/mol. The Hall–Kier alpha value is -1.89. The molecule has 3 aromatic rings. The van der Waals surface area contributed by atoms with Gasteiger partial charge in [-0.3, -0.25) is 28.8 Å². The Morgan fingerprint density at radius 2 is 0.633 bits per heavy atom. The quantitative estimate of drug-likeness (QED) is 0.0113. The van der Waals surface area contributed by atoms with Crippen molar-refractivity contribution in [2.45, 2.75) is 446 Å². The zero-order valence-corrected chi connectivity index (χ0v) is 108. The second-order valence-corrected chi connectivity index (χ2v) is 53.3. The van der Waals surface area contributed by atoms with Crippen LogP contribution < -0.4 is 34.7 Å². The molecule has 32 nitrogen and oxygen atoms in total. The van der Waals surface area contributed by atoms with E-state index < -0.39 is 114 Å². The van der Waals surface area contributed by atoms with Crippen LogP contribution >= 0.6 is 75.3 Å². The molecule has 1 unspecified atom stereocenters. The fourth-order valence-corrected chi connectivity index (χ4v) is 17.7. The summed E-state index contributed by atoms with van der Waals surface area (Å²) >= 11 is -1.89. The third kappa shape index (κ3) is 77.2. The van der Waals surface area contributed by atoms with Crippen molar-refractivity contribution < 1.29 is 176 Å². The van der Waals surface area contributed by atoms with Gasteiger partial charge in [0, 0.05) is 29.5 Å². The van der Waals surface area contributed by atoms with Crippen molar-refractivity contribution in [2.24, 2.45) is 59.0 Å². The zero-order valence-electron chi connectivity index (χ0n) is 92.4. The van der Waals surface area contributed by atoms with E-state index in [1.807, 2.05) is 48.5 Å². The van der Waals surface area contributed by atoms with E-state index in [0.717, 1.165) is 184 Å². The third-order valence-electron chi connectivity index (χ3n) is 26.6. The molecule has 0 bridgehead atoms. The molecule has 0 aliphatic carbocycles. The number of aliphatic hydroxyl groups excluding tert-OH is 2. The number of nitrogens with one attached hydrogen (secondary N) is 1. The first-order valence-corrected chi connectivity index (χ1v) is 71.3. The van der Waals surface area contributed by atoms with Crippen molar-refractivity contribution in [3.8, 4) is 34.5 Å². The Bertz CT molecular complexity index is 3880. The van der Waals surface area contributed by atoms with Crippen LogP contribution in [0.25, 0.3) is 49.2 Å². The van der Waals surface area contributed by atoms with Crippen molar-refractivity contribution in [1.29, 1.82) is 0 Å². The standard InChI is InChI=1S/C35H59NO6.C31H53NO3.C29H50O2.C4H8O4.C4H4O3.8ClH.8H2N.4H2O.4Pt/c1-23(2)12-9-13-24(3)14-10-15-25(4)16-11-20-35(8)21-19-29-28(7)33(26(5)27(6)34(29)42-35)41-32(40)22-36-30(37)17-18-31(38)39;1-21(2)12-9-13-22(3)14-10-15-23(4)16-11-18-31(8)19-17-27-26(7)29(34-28(33)20-32)24(5)25(6)30(27)35-31;1-20(2)12-9-13-21(3)14-10-15-22(4)16-11-18-29(8)19-17-26-25(7)27(30)23(5)24(6)28(26)31-29;5-3(6)1-2-4(7)8;5-3-1-2-4(6)7-3;;;;;;;;;;;;;;;;;;;;;;;;/h23-25,32,40H,9-22H2,1-8H3,(H,36,37)(H,38,39);21-23H,9-20,32H2,1-8H3;20-22,30H,9-19H2,1-8H3;3,5-6H,1-2H2,(H,7,8);1-2H2;8*1H;12*1H2;;;;/q;;;;;;;;;;;;;8*-1;;;;;4*+4/p-8/t24-,25-,32?,35-;22-,23-,31-;21-,22-,29-;;;;;;;;;;;;;;;;;;;;;;;;;;/m111........................../s1. The van der Waals surface area contributed by atoms with E-state index in [9.17, 15) is 39.0 Å². The van der Waals surface area contributed by atoms with Crippen LogP contribution in [0.15, 0.2) is 0 Å². The molecule has 4 aliphatic heterocycles. The summed E-state index contributed by atoms with van der Waals surface area (Å²) in [5, 5.41) is 56.2. The van der Waals surface area contributed by atoms with Crippen molar-refractivity contribution in [2.75, 3.05) is 13.1 Å². The molecule has 0 radical (unpaired) electrons. The van der Waals surface area contributed by atoms with E-state index in [1.165, 1.54) is 165 Å². The van der Waals surface area contributed by atoms with E-state index in [1.54, 1.807) is 0 Å². The molecule has 10 atom stereocenters. The van der Waals surface area contributed by atoms with Gasteiger partial charge in [0.25, 0.3) is 0 Å². The molecule has 147 heavy (non-hydrogen) atoms. The summed E-state index contributed by atoms with van der Waals surface area (Å²) in [4.78, 5) is 64.0. The molecule has 7 rings (SSSR count). The second-order valence-electron chi connectivity index (χ2n) is 40.2. The molecule has 888 valence electrons. The van der Waals surface area contributed by atoms with Crippen LogP contribution in [0.1, 0.15) is 402 Å². The molecule has 4 aliphatic rings. The number of aliphatic carboxylic acids is 2. The van der Waals surface area contributed by atoms with Gasteiger partial charge in [-0.05, 0) is 263 Å². The number of carbonyl (C=O) groups is 6. The maximum absolute atomic E-state index is 11.8. The predicted molar refractivity (Wildman–Crippen MR) is 600 cm³/mol. The van der Waals surface area contributed by atoms with Crippen LogP contribution in [0.5, 0.6) is 34.5 Å². The number of carbonyl (C=O) groups excluding carboxylic acids is 4. The number of amides is 1. The number of hydrogen-bond donors (Lipinski definition) is 8. The van der Waals surface area contributed by atoms with Gasteiger partial charge in [-0.15, -0.1) is 0 Å². The molecule has 0 spiro atoms. The van der Waals surface area contributed by atoms with Crippen LogP contribution in [0.2, 0.25) is 0 Å². The molecule has 33 N–H and O–H groups in total. The Balaban J connectivity index is -0.000000129. The average molecular weight is 2990 g/mol. The first kappa shape index (κ1) is 175. The van der Waals surface area contributed by atoms with Gasteiger partial charge in [-0.1, -0.05) is 218 Å². The number of phenols is 1. The van der Waals surface area contributed by atoms with Gasteiger partial charge >= 0.3 is 171 Å². The molecule has 0 aromatic heterocycles. The molecule has 4 heterocycles. The Kier molecular flexibility index (Phi) is 117. The number of aliphatic hydroxyl groups is 3. The number of cyclic esters (lactones) is 2. The summed E-state index contributed by atoms with van der Waals surface area (Å²) < 4.78 is 35.5. The van der Waals surface area contributed by atoms with Crippen molar-refractivity contribution in [1.82, 2.24) is 5.32 Å². The van der Waals surface area contributed by atoms with Gasteiger partial charge in [0.1, 0.15) is 51.3 Å². The SMILES string of the molecule is Cc1c(C)c2c(c(C)c1O)CC[C@@](C)(CCC[C@H](C)CCC[C@H](C)CCCC(C)C)O2.Cc1c(C)c2c(c(C)c1OC(=O)CN)CC[C@@](C)(CCC[C@H](C)CCC[C@H](C)CCCC(C)C)O2.Cc1c(C)c2c(c(C)c1OC(O)CNC(=O)CCC(=O)O)CC[C@@](C)(CCC[C@H](C)CCC[C@H](C)CCCC(C)C)O2.O.O.O.O.O=C(O)CCC(O)O.O=C1CCC(=O)O1.[Cl][Pt+2][Cl].[Cl][Pt+2][Cl].[Cl][Pt+2][Cl].[Cl][Pt+2][Cl].[NH2-].[NH2-].[NH2-].[NH2-].[NH2-].[NH2-].[NH2-].[NH2-]. The topological polar surface area (TPSA) is 711 Å². The zero-order chi connectivity index (χ0) is 103. The fourth-order valence-electron chi connectivity index (χ4n) is 17.7. The van der Waals surface area contributed by atoms with Gasteiger partial charge in [-0.2, -0.15) is 0 Å². The number of esters is 3. The van der Waals surface area contributed by atoms with E-state index in [-0.39, 0.29) is 140 Å². The molecule has 1 amide bonds. The maximum Gasteiger partial charge on any atom is -0.693 e. The first-order valence-electron chi connectivity index (χ1n) is 48.8. The maximum atomic E-state index is 11.8. The molecule has 0 saturated carbocycles. The van der Waals surface area contributed by atoms with Crippen molar-refractivity contribution in [3.05, 3.63) is 116 Å². The minimum absolute atomic E-state index is 0. The number of ether oxygens (including phenoxy) is 6. The van der Waals surface area contributed by atoms with Gasteiger partial charge in [0.15, 0.2) is 6.29 Å². The van der Waals surface area contributed by atoms with E-state index in [0.29, 0.717) is 17.2 Å². The first-order chi connectivity index (χ1) is 63.3. The smallest absolute Gasteiger partial charge is 0.693 e. The molecule has 3 aromatic carbocycles. The summed E-state index contributed by atoms with van der Waals surface area (Å²) in [5.74, 6) is 8.47. The number of fused-ring (bicyclic) bond motifs is 3. The summed E-state index contributed by atoms with van der Waals surface area (Å²) in [6, 6.07) is 0. The van der Waals surface area contributed by atoms with Crippen LogP contribution in [0.3, 0.4) is 0 Å². The monoisotopic (exact) mass is 2990 g/mol. The fraction of sp³-hybridized carbons (Fsp3) is 0.767. The molecular formula is C103H198Cl8N10O22Pt4. The van der Waals surface area contributed by atoms with Crippen LogP contribution in [0, 0.1) is 116 Å². The summed E-state index contributed by atoms with van der Waals surface area (Å²) in [7, 11) is 39.0. The largest absolute Gasteiger partial charge is 0.693 e. The van der Waals surface area contributed by atoms with Gasteiger partial charge in [-0.25, -0.2) is 0 Å². The molecule has 1 fully saturated rings.